The van der Waals surface area contributed by atoms with Crippen molar-refractivity contribution >= 4 is 35.2 Å². The molecule has 4 N–H and O–H groups in total. The fourth-order valence-electron chi connectivity index (χ4n) is 11.8. The molecule has 0 saturated heterocycles. The zero-order valence-electron chi connectivity index (χ0n) is 53.1. The molecule has 0 spiro atoms. The molecule has 20 heteroatoms. The first-order chi connectivity index (χ1) is 40.5. The number of aromatic hydroxyl groups is 4. The van der Waals surface area contributed by atoms with Crippen molar-refractivity contribution in [2.75, 3.05) is 79.3 Å². The molecule has 8 bridgehead atoms. The van der Waals surface area contributed by atoms with E-state index in [9.17, 15) is 20.4 Å². The van der Waals surface area contributed by atoms with Crippen LogP contribution >= 0.6 is 0 Å². The molecule has 472 valence electrons. The topological polar surface area (TPSA) is 192 Å². The molecule has 0 heterocycles. The van der Waals surface area contributed by atoms with Gasteiger partial charge in [-0.25, -0.2) is 0 Å². The minimum absolute atomic E-state index is 0.102. The Balaban J connectivity index is 1.74. The largest absolute Gasteiger partial charge is 0.507 e. The predicted octanol–water partition coefficient (Wildman–Crippen LogP) is 13.1. The summed E-state index contributed by atoms with van der Waals surface area (Å²) in [6, 6.07) is 18.8. The van der Waals surface area contributed by atoms with Crippen LogP contribution in [-0.2, 0) is 104 Å². The van der Waals surface area contributed by atoms with Crippen molar-refractivity contribution < 1.29 is 73.5 Å². The summed E-state index contributed by atoms with van der Waals surface area (Å²) in [6.07, 6.45) is 6.17. The number of hydrogen-bond donors (Lipinski definition) is 4. The lowest BCUT2D eigenvalue weighted by Gasteiger charge is -2.28. The van der Waals surface area contributed by atoms with Crippen molar-refractivity contribution in [2.45, 2.75) is 184 Å². The summed E-state index contributed by atoms with van der Waals surface area (Å²) in [4.78, 5) is 0. The van der Waals surface area contributed by atoms with Gasteiger partial charge >= 0.3 is 35.2 Å². The van der Waals surface area contributed by atoms with Gasteiger partial charge in [0.1, 0.15) is 23.0 Å². The first-order valence-electron chi connectivity index (χ1n) is 31.6. The van der Waals surface area contributed by atoms with E-state index in [2.05, 4.69) is 0 Å². The Labute approximate surface area is 508 Å². The zero-order chi connectivity index (χ0) is 61.2. The van der Waals surface area contributed by atoms with E-state index in [-0.39, 0.29) is 48.7 Å². The molecule has 5 rings (SSSR count). The van der Waals surface area contributed by atoms with Gasteiger partial charge in [0.25, 0.3) is 0 Å². The van der Waals surface area contributed by atoms with Crippen LogP contribution in [-0.4, -0.2) is 135 Å². The lowest BCUT2D eigenvalue weighted by Crippen LogP contribution is -2.46. The molecule has 16 nitrogen and oxygen atoms in total. The van der Waals surface area contributed by atoms with E-state index in [4.69, 9.17) is 53.1 Å². The normalized spacial score (nSPS) is 13.3. The molecule has 0 aromatic heterocycles. The van der Waals surface area contributed by atoms with E-state index in [0.29, 0.717) is 199 Å². The van der Waals surface area contributed by atoms with Gasteiger partial charge in [0.05, 0.1) is 0 Å². The quantitative estimate of drug-likeness (QED) is 0.0271. The summed E-state index contributed by atoms with van der Waals surface area (Å²) in [7, 11) is -11.9. The van der Waals surface area contributed by atoms with Gasteiger partial charge in [-0.3, -0.25) is 0 Å². The molecule has 84 heavy (non-hydrogen) atoms. The van der Waals surface area contributed by atoms with Crippen molar-refractivity contribution in [3.63, 3.8) is 0 Å². The number of phenols is 4. The van der Waals surface area contributed by atoms with Gasteiger partial charge in [-0.2, -0.15) is 0 Å². The fraction of sp³-hybridized carbons (Fsp3) is 0.625. The van der Waals surface area contributed by atoms with Crippen molar-refractivity contribution in [1.82, 2.24) is 0 Å². The van der Waals surface area contributed by atoms with Crippen LogP contribution in [0.3, 0.4) is 0 Å². The second kappa shape index (κ2) is 36.1. The minimum Gasteiger partial charge on any atom is -0.507 e. The summed E-state index contributed by atoms with van der Waals surface area (Å²) in [5.41, 5.74) is 9.10. The molecule has 0 atom stereocenters. The smallest absolute Gasteiger partial charge is 0.500 e. The van der Waals surface area contributed by atoms with Crippen LogP contribution in [0.2, 0.25) is 24.2 Å². The molecule has 1 aliphatic carbocycles. The molecule has 0 radical (unpaired) electrons. The van der Waals surface area contributed by atoms with E-state index >= 15 is 0 Å². The summed E-state index contributed by atoms with van der Waals surface area (Å²) in [5, 5.41) is 50.5. The molecule has 4 aromatic carbocycles. The Morgan fingerprint density at radius 3 is 0.500 bits per heavy atom. The van der Waals surface area contributed by atoms with Crippen LogP contribution in [0, 0.1) is 0 Å². The standard InChI is InChI=1S/C64H104O16Si4/c1-13-69-81(70-14-2,71-15-3)33-25-29-49-37-53-45-55-39-50(30-26-34-82(72-16-4,73-17-5)74-18-6)41-57(62(55)66)47-59-43-52(32-28-36-84(78-22-10,79-23-11)80-24-12)44-60(64(59)68)48-58-42-51(40-56(63(58)67)46-54(38-49)61(53)65)31-27-35-83(75-19-7,76-20-8)77-21-9/h37-44,65-68H,13-36,45-48H2,1-12H3. The highest BCUT2D eigenvalue weighted by molar-refractivity contribution is 6.61. The highest BCUT2D eigenvalue weighted by atomic mass is 28.4. The maximum Gasteiger partial charge on any atom is 0.500 e. The second-order valence-corrected chi connectivity index (χ2v) is 32.0. The number of fused-ring (bicyclic) bond motifs is 8. The molecule has 0 saturated carbocycles. The first-order valence-corrected chi connectivity index (χ1v) is 39.3. The van der Waals surface area contributed by atoms with Gasteiger partial charge in [-0.1, -0.05) is 48.5 Å². The molecule has 0 amide bonds. The lowest BCUT2D eigenvalue weighted by molar-refractivity contribution is 0.0700. The maximum absolute atomic E-state index is 12.6. The predicted molar refractivity (Wildman–Crippen MR) is 339 cm³/mol. The highest BCUT2D eigenvalue weighted by Gasteiger charge is 2.43. The third-order valence-electron chi connectivity index (χ3n) is 15.0. The lowest BCUT2D eigenvalue weighted by atomic mass is 9.87. The van der Waals surface area contributed by atoms with Gasteiger partial charge in [0, 0.05) is 129 Å². The van der Waals surface area contributed by atoms with Crippen LogP contribution in [0.15, 0.2) is 48.5 Å². The minimum atomic E-state index is -2.98. The Morgan fingerprint density at radius 1 is 0.250 bits per heavy atom. The number of aryl methyl sites for hydroxylation is 4. The van der Waals surface area contributed by atoms with Crippen LogP contribution in [0.25, 0.3) is 0 Å². The van der Waals surface area contributed by atoms with E-state index in [1.165, 1.54) is 0 Å². The average molecular weight is 1240 g/mol. The molecule has 1 aliphatic rings. The fourth-order valence-corrected chi connectivity index (χ4v) is 22.3. The van der Waals surface area contributed by atoms with Gasteiger partial charge in [-0.15, -0.1) is 0 Å². The van der Waals surface area contributed by atoms with E-state index in [0.717, 1.165) is 22.3 Å². The van der Waals surface area contributed by atoms with Crippen LogP contribution in [0.1, 0.15) is 176 Å². The third kappa shape index (κ3) is 20.3. The zero-order valence-corrected chi connectivity index (χ0v) is 57.1. The second-order valence-electron chi connectivity index (χ2n) is 21.1. The number of rotatable bonds is 40. The summed E-state index contributed by atoms with van der Waals surface area (Å²) >= 11 is 0. The molecule has 4 aromatic rings. The van der Waals surface area contributed by atoms with Crippen molar-refractivity contribution in [3.8, 4) is 23.0 Å². The highest BCUT2D eigenvalue weighted by Crippen LogP contribution is 2.41. The molecular formula is C64H104O16Si4. The van der Waals surface area contributed by atoms with Crippen molar-refractivity contribution in [1.29, 1.82) is 0 Å². The van der Waals surface area contributed by atoms with Crippen LogP contribution < -0.4 is 0 Å². The number of hydrogen-bond acceptors (Lipinski definition) is 16. The van der Waals surface area contributed by atoms with Gasteiger partial charge in [-0.05, 0) is 201 Å². The Kier molecular flexibility index (Phi) is 30.6. The van der Waals surface area contributed by atoms with Crippen molar-refractivity contribution in [2.24, 2.45) is 0 Å². The Bertz CT molecular complexity index is 2090. The first kappa shape index (κ1) is 71.2. The van der Waals surface area contributed by atoms with E-state index < -0.39 is 35.2 Å². The maximum atomic E-state index is 12.6. The van der Waals surface area contributed by atoms with Crippen molar-refractivity contribution in [3.05, 3.63) is 115 Å². The molecule has 0 fully saturated rings. The monoisotopic (exact) mass is 1240 g/mol. The van der Waals surface area contributed by atoms with Gasteiger partial charge in [0.2, 0.25) is 0 Å². The van der Waals surface area contributed by atoms with Crippen LogP contribution in [0.4, 0.5) is 0 Å². The molecular weight excluding hydrogens is 1140 g/mol. The molecule has 0 unspecified atom stereocenters. The van der Waals surface area contributed by atoms with Gasteiger partial charge < -0.3 is 73.5 Å². The van der Waals surface area contributed by atoms with E-state index in [1.807, 2.05) is 132 Å². The Hall–Kier alpha value is -3.53. The number of phenolic OH excluding ortho intramolecular Hbond substituents is 4. The average Bonchev–Trinajstić information content (AvgIpc) is 3.24. The van der Waals surface area contributed by atoms with E-state index in [1.54, 1.807) is 0 Å². The van der Waals surface area contributed by atoms with Gasteiger partial charge in [0.15, 0.2) is 0 Å². The SMILES string of the molecule is CCO[Si](CCCc1cc2c(O)c(c1)Cc1cc(CCC[Si](OCC)(OCC)OCC)cc(c1O)Cc1cc(CCC[Si](OCC)(OCC)OCC)cc(c1O)Cc1cc(CCC[Si](OCC)(OCC)OCC)cc(c1O)C2)(OCC)OCC. The summed E-state index contributed by atoms with van der Waals surface area (Å²) < 4.78 is 75.1. The summed E-state index contributed by atoms with van der Waals surface area (Å²) in [6.45, 7) is 29.2. The Morgan fingerprint density at radius 2 is 0.381 bits per heavy atom. The van der Waals surface area contributed by atoms with Crippen LogP contribution in [0.5, 0.6) is 23.0 Å². The molecule has 0 aliphatic heterocycles. The third-order valence-corrected chi connectivity index (χ3v) is 27.6. The summed E-state index contributed by atoms with van der Waals surface area (Å²) in [5.74, 6) is 0.406. The number of benzene rings is 4.